The average Bonchev–Trinajstić information content (AvgIpc) is 2.36. The monoisotopic (exact) mass is 313 g/mol. The minimum Gasteiger partial charge on any atom is -0.481 e. The van der Waals surface area contributed by atoms with Crippen LogP contribution in [0.2, 0.25) is 0 Å². The van der Waals surface area contributed by atoms with Gasteiger partial charge in [0.2, 0.25) is 5.91 Å². The second kappa shape index (κ2) is 7.45. The minimum absolute atomic E-state index is 0.0812. The van der Waals surface area contributed by atoms with Gasteiger partial charge in [0.05, 0.1) is 12.2 Å². The van der Waals surface area contributed by atoms with Crippen LogP contribution in [-0.4, -0.2) is 39.7 Å². The molecule has 1 aromatic carbocycles. The highest BCUT2D eigenvalue weighted by atomic mass is 32.2. The Bertz CT molecular complexity index is 514. The molecule has 0 aliphatic heterocycles. The predicted molar refractivity (Wildman–Crippen MR) is 80.8 cm³/mol. The summed E-state index contributed by atoms with van der Waals surface area (Å²) < 4.78 is 13.5. The maximum atomic E-state index is 13.5. The molecule has 21 heavy (non-hydrogen) atoms. The van der Waals surface area contributed by atoms with E-state index in [4.69, 9.17) is 5.11 Å². The van der Waals surface area contributed by atoms with E-state index < -0.39 is 11.5 Å². The molecule has 0 radical (unpaired) electrons. The second-order valence-electron chi connectivity index (χ2n) is 5.58. The number of hydrogen-bond donors (Lipinski definition) is 1. The standard InChI is InChI=1S/C15H20FNO3S/c1-15(2,3)17(9-8-14(19)20)13(18)10-21-12-7-5-4-6-11(12)16/h4-7H,8-10H2,1-3H3,(H,19,20). The molecule has 0 aliphatic carbocycles. The van der Waals surface area contributed by atoms with Crippen LogP contribution in [0.3, 0.4) is 0 Å². The van der Waals surface area contributed by atoms with Crippen molar-refractivity contribution in [3.8, 4) is 0 Å². The number of rotatable bonds is 6. The molecular formula is C15H20FNO3S. The first-order valence-corrected chi connectivity index (χ1v) is 7.60. The number of nitrogens with zero attached hydrogens (tertiary/aromatic N) is 1. The lowest BCUT2D eigenvalue weighted by Gasteiger charge is -2.35. The Morgan fingerprint density at radius 3 is 2.43 bits per heavy atom. The Balaban J connectivity index is 2.69. The SMILES string of the molecule is CC(C)(C)N(CCC(=O)O)C(=O)CSc1ccccc1F. The maximum Gasteiger partial charge on any atom is 0.305 e. The Hall–Kier alpha value is -1.56. The highest BCUT2D eigenvalue weighted by molar-refractivity contribution is 8.00. The van der Waals surface area contributed by atoms with E-state index in [1.807, 2.05) is 20.8 Å². The van der Waals surface area contributed by atoms with Gasteiger partial charge in [-0.2, -0.15) is 0 Å². The zero-order valence-corrected chi connectivity index (χ0v) is 13.2. The smallest absolute Gasteiger partial charge is 0.305 e. The number of carboxylic acid groups (broad SMARTS) is 1. The fourth-order valence-corrected chi connectivity index (χ4v) is 2.64. The van der Waals surface area contributed by atoms with Gasteiger partial charge in [-0.3, -0.25) is 9.59 Å². The van der Waals surface area contributed by atoms with Crippen LogP contribution in [0.25, 0.3) is 0 Å². The van der Waals surface area contributed by atoms with Crippen molar-refractivity contribution < 1.29 is 19.1 Å². The first kappa shape index (κ1) is 17.5. The third-order valence-electron chi connectivity index (χ3n) is 2.85. The second-order valence-corrected chi connectivity index (χ2v) is 6.60. The molecule has 0 aromatic heterocycles. The molecule has 0 atom stereocenters. The molecule has 6 heteroatoms. The zero-order chi connectivity index (χ0) is 16.0. The molecule has 0 fully saturated rings. The molecule has 0 saturated heterocycles. The summed E-state index contributed by atoms with van der Waals surface area (Å²) in [5.74, 6) is -1.42. The van der Waals surface area contributed by atoms with Gasteiger partial charge in [-0.1, -0.05) is 12.1 Å². The van der Waals surface area contributed by atoms with Gasteiger partial charge in [0.25, 0.3) is 0 Å². The number of aliphatic carboxylic acids is 1. The quantitative estimate of drug-likeness (QED) is 0.820. The third-order valence-corrected chi connectivity index (χ3v) is 3.88. The summed E-state index contributed by atoms with van der Waals surface area (Å²) in [6, 6.07) is 6.27. The van der Waals surface area contributed by atoms with Crippen molar-refractivity contribution in [3.63, 3.8) is 0 Å². The third kappa shape index (κ3) is 5.75. The van der Waals surface area contributed by atoms with Crippen molar-refractivity contribution in [2.75, 3.05) is 12.3 Å². The number of hydrogen-bond acceptors (Lipinski definition) is 3. The Morgan fingerprint density at radius 2 is 1.90 bits per heavy atom. The topological polar surface area (TPSA) is 57.6 Å². The van der Waals surface area contributed by atoms with Crippen LogP contribution < -0.4 is 0 Å². The highest BCUT2D eigenvalue weighted by Gasteiger charge is 2.26. The van der Waals surface area contributed by atoms with Gasteiger partial charge in [-0.25, -0.2) is 4.39 Å². The normalized spacial score (nSPS) is 11.2. The van der Waals surface area contributed by atoms with E-state index in [1.165, 1.54) is 11.0 Å². The summed E-state index contributed by atoms with van der Waals surface area (Å²) in [5.41, 5.74) is -0.470. The van der Waals surface area contributed by atoms with Crippen molar-refractivity contribution in [3.05, 3.63) is 30.1 Å². The summed E-state index contributed by atoms with van der Waals surface area (Å²) in [7, 11) is 0. The van der Waals surface area contributed by atoms with Crippen LogP contribution in [-0.2, 0) is 9.59 Å². The molecule has 0 saturated carbocycles. The predicted octanol–water partition coefficient (Wildman–Crippen LogP) is 3.02. The summed E-state index contributed by atoms with van der Waals surface area (Å²) in [4.78, 5) is 24.9. The van der Waals surface area contributed by atoms with Crippen molar-refractivity contribution >= 4 is 23.6 Å². The summed E-state index contributed by atoms with van der Waals surface area (Å²) in [5, 5.41) is 8.76. The van der Waals surface area contributed by atoms with E-state index in [2.05, 4.69) is 0 Å². The number of halogens is 1. The summed E-state index contributed by atoms with van der Waals surface area (Å²) in [6.07, 6.45) is -0.104. The van der Waals surface area contributed by atoms with E-state index >= 15 is 0 Å². The largest absolute Gasteiger partial charge is 0.481 e. The number of amides is 1. The average molecular weight is 313 g/mol. The van der Waals surface area contributed by atoms with Crippen LogP contribution in [0.5, 0.6) is 0 Å². The van der Waals surface area contributed by atoms with Crippen LogP contribution in [0.1, 0.15) is 27.2 Å². The van der Waals surface area contributed by atoms with Crippen molar-refractivity contribution in [1.82, 2.24) is 4.90 Å². The van der Waals surface area contributed by atoms with Gasteiger partial charge < -0.3 is 10.0 Å². The summed E-state index contributed by atoms with van der Waals surface area (Å²) >= 11 is 1.12. The lowest BCUT2D eigenvalue weighted by Crippen LogP contribution is -2.47. The Kier molecular flexibility index (Phi) is 6.20. The minimum atomic E-state index is -0.946. The molecule has 1 N–H and O–H groups in total. The first-order valence-electron chi connectivity index (χ1n) is 6.61. The first-order chi connectivity index (χ1) is 9.71. The zero-order valence-electron chi connectivity index (χ0n) is 12.4. The van der Waals surface area contributed by atoms with Crippen LogP contribution in [0.15, 0.2) is 29.2 Å². The number of carbonyl (C=O) groups excluding carboxylic acids is 1. The molecule has 1 rings (SSSR count). The van der Waals surface area contributed by atoms with Crippen LogP contribution >= 0.6 is 11.8 Å². The molecule has 4 nitrogen and oxygen atoms in total. The molecule has 1 aromatic rings. The van der Waals surface area contributed by atoms with Crippen LogP contribution in [0.4, 0.5) is 4.39 Å². The maximum absolute atomic E-state index is 13.5. The fraction of sp³-hybridized carbons (Fsp3) is 0.467. The van der Waals surface area contributed by atoms with Crippen molar-refractivity contribution in [2.24, 2.45) is 0 Å². The Morgan fingerprint density at radius 1 is 1.29 bits per heavy atom. The van der Waals surface area contributed by atoms with E-state index in [0.717, 1.165) is 11.8 Å². The van der Waals surface area contributed by atoms with Crippen molar-refractivity contribution in [1.29, 1.82) is 0 Å². The highest BCUT2D eigenvalue weighted by Crippen LogP contribution is 2.23. The van der Waals surface area contributed by atoms with Gasteiger partial charge in [-0.15, -0.1) is 11.8 Å². The molecule has 0 heterocycles. The van der Waals surface area contributed by atoms with E-state index in [9.17, 15) is 14.0 Å². The van der Waals surface area contributed by atoms with Gasteiger partial charge >= 0.3 is 5.97 Å². The number of benzene rings is 1. The van der Waals surface area contributed by atoms with E-state index in [-0.39, 0.29) is 30.4 Å². The lowest BCUT2D eigenvalue weighted by atomic mass is 10.1. The van der Waals surface area contributed by atoms with Crippen LogP contribution in [0, 0.1) is 5.82 Å². The molecule has 0 spiro atoms. The molecular weight excluding hydrogens is 293 g/mol. The molecule has 0 bridgehead atoms. The van der Waals surface area contributed by atoms with Crippen molar-refractivity contribution in [2.45, 2.75) is 37.6 Å². The van der Waals surface area contributed by atoms with Gasteiger partial charge in [0, 0.05) is 17.0 Å². The number of carbonyl (C=O) groups is 2. The van der Waals surface area contributed by atoms with Gasteiger partial charge in [0.15, 0.2) is 0 Å². The van der Waals surface area contributed by atoms with Gasteiger partial charge in [0.1, 0.15) is 5.82 Å². The van der Waals surface area contributed by atoms with Gasteiger partial charge in [-0.05, 0) is 32.9 Å². The molecule has 0 unspecified atom stereocenters. The number of thioether (sulfide) groups is 1. The van der Waals surface area contributed by atoms with E-state index in [0.29, 0.717) is 4.90 Å². The fourth-order valence-electron chi connectivity index (χ4n) is 1.82. The van der Waals surface area contributed by atoms with E-state index in [1.54, 1.807) is 18.2 Å². The summed E-state index contributed by atoms with van der Waals surface area (Å²) in [6.45, 7) is 5.69. The molecule has 1 amide bonds. The Labute approximate surface area is 128 Å². The number of carboxylic acids is 1. The molecule has 116 valence electrons. The lowest BCUT2D eigenvalue weighted by molar-refractivity contribution is -0.139. The molecule has 0 aliphatic rings.